The molecule has 1 heterocycles. The number of aryl methyl sites for hydroxylation is 1. The highest BCUT2D eigenvalue weighted by molar-refractivity contribution is 5.66. The molecule has 0 aliphatic rings. The zero-order chi connectivity index (χ0) is 9.97. The van der Waals surface area contributed by atoms with Crippen molar-refractivity contribution in [1.29, 1.82) is 0 Å². The van der Waals surface area contributed by atoms with E-state index in [0.29, 0.717) is 0 Å². The van der Waals surface area contributed by atoms with Gasteiger partial charge in [-0.1, -0.05) is 16.8 Å². The Kier molecular flexibility index (Phi) is 2.23. The molecule has 14 heavy (non-hydrogen) atoms. The Morgan fingerprint density at radius 1 is 1.29 bits per heavy atom. The number of hydrogen-bond donors (Lipinski definition) is 0. The predicted molar refractivity (Wildman–Crippen MR) is 53.2 cm³/mol. The fraction of sp³-hybridized carbons (Fsp3) is 0.182. The molecule has 0 aliphatic heterocycles. The van der Waals surface area contributed by atoms with Gasteiger partial charge in [-0.15, -0.1) is 0 Å². The van der Waals surface area contributed by atoms with Crippen molar-refractivity contribution in [2.24, 2.45) is 0 Å². The summed E-state index contributed by atoms with van der Waals surface area (Å²) in [4.78, 5) is 0. The van der Waals surface area contributed by atoms with Gasteiger partial charge in [-0.3, -0.25) is 0 Å². The molecular formula is C11H11NO2. The number of hydrogen-bond acceptors (Lipinski definition) is 3. The lowest BCUT2D eigenvalue weighted by Gasteiger charge is -2.05. The molecule has 72 valence electrons. The fourth-order valence-corrected chi connectivity index (χ4v) is 1.37. The fourth-order valence-electron chi connectivity index (χ4n) is 1.37. The molecule has 3 heteroatoms. The Morgan fingerprint density at radius 2 is 2.14 bits per heavy atom. The third-order valence-electron chi connectivity index (χ3n) is 2.06. The van der Waals surface area contributed by atoms with E-state index in [0.717, 1.165) is 22.6 Å². The summed E-state index contributed by atoms with van der Waals surface area (Å²) in [6.45, 7) is 2.03. The molecule has 0 aliphatic carbocycles. The predicted octanol–water partition coefficient (Wildman–Crippen LogP) is 2.66. The molecule has 0 unspecified atom stereocenters. The minimum Gasteiger partial charge on any atom is -0.496 e. The van der Waals surface area contributed by atoms with Crippen LogP contribution in [0.5, 0.6) is 5.75 Å². The molecule has 2 aromatic rings. The summed E-state index contributed by atoms with van der Waals surface area (Å²) in [6, 6.07) is 7.75. The minimum absolute atomic E-state index is 0.727. The van der Waals surface area contributed by atoms with E-state index in [1.54, 1.807) is 13.3 Å². The van der Waals surface area contributed by atoms with Crippen LogP contribution >= 0.6 is 0 Å². The highest BCUT2D eigenvalue weighted by Gasteiger charge is 2.08. The maximum Gasteiger partial charge on any atom is 0.170 e. The van der Waals surface area contributed by atoms with Gasteiger partial charge in [-0.2, -0.15) is 0 Å². The average molecular weight is 189 g/mol. The van der Waals surface area contributed by atoms with Crippen LogP contribution in [0.4, 0.5) is 0 Å². The molecule has 0 amide bonds. The molecule has 1 aromatic carbocycles. The minimum atomic E-state index is 0.727. The van der Waals surface area contributed by atoms with Gasteiger partial charge in [0.15, 0.2) is 5.76 Å². The second-order valence-electron chi connectivity index (χ2n) is 3.08. The molecule has 0 saturated heterocycles. The van der Waals surface area contributed by atoms with Crippen molar-refractivity contribution in [3.8, 4) is 17.1 Å². The third kappa shape index (κ3) is 1.48. The van der Waals surface area contributed by atoms with Gasteiger partial charge in [0.05, 0.1) is 18.9 Å². The smallest absolute Gasteiger partial charge is 0.170 e. The first kappa shape index (κ1) is 8.81. The normalized spacial score (nSPS) is 10.1. The van der Waals surface area contributed by atoms with Crippen molar-refractivity contribution >= 4 is 0 Å². The lowest BCUT2D eigenvalue weighted by atomic mass is 10.1. The molecule has 0 spiro atoms. The first-order valence-electron chi connectivity index (χ1n) is 4.37. The number of ether oxygens (including phenoxy) is 1. The van der Waals surface area contributed by atoms with Gasteiger partial charge in [-0.05, 0) is 19.1 Å². The van der Waals surface area contributed by atoms with Crippen LogP contribution < -0.4 is 4.74 Å². The monoisotopic (exact) mass is 189 g/mol. The van der Waals surface area contributed by atoms with E-state index in [1.165, 1.54) is 0 Å². The SMILES string of the molecule is COc1ccc(C)cc1-c1ccno1. The van der Waals surface area contributed by atoms with Crippen LogP contribution in [0.2, 0.25) is 0 Å². The maximum absolute atomic E-state index is 5.24. The number of methoxy groups -OCH3 is 1. The van der Waals surface area contributed by atoms with Crippen LogP contribution in [0.1, 0.15) is 5.56 Å². The second kappa shape index (κ2) is 3.54. The van der Waals surface area contributed by atoms with Gasteiger partial charge in [-0.25, -0.2) is 0 Å². The Hall–Kier alpha value is -1.77. The van der Waals surface area contributed by atoms with Crippen molar-refractivity contribution in [2.75, 3.05) is 7.11 Å². The summed E-state index contributed by atoms with van der Waals surface area (Å²) in [6.07, 6.45) is 1.62. The summed E-state index contributed by atoms with van der Waals surface area (Å²) in [5, 5.41) is 3.67. The standard InChI is InChI=1S/C11H11NO2/c1-8-3-4-10(13-2)9(7-8)11-5-6-12-14-11/h3-7H,1-2H3. The lowest BCUT2D eigenvalue weighted by molar-refractivity contribution is 0.406. The highest BCUT2D eigenvalue weighted by atomic mass is 16.5. The topological polar surface area (TPSA) is 35.3 Å². The Morgan fingerprint density at radius 3 is 2.79 bits per heavy atom. The van der Waals surface area contributed by atoms with E-state index in [9.17, 15) is 0 Å². The van der Waals surface area contributed by atoms with Crippen molar-refractivity contribution in [1.82, 2.24) is 5.16 Å². The molecule has 0 radical (unpaired) electrons. The van der Waals surface area contributed by atoms with Gasteiger partial charge < -0.3 is 9.26 Å². The summed E-state index contributed by atoms with van der Waals surface area (Å²) >= 11 is 0. The number of rotatable bonds is 2. The molecule has 0 N–H and O–H groups in total. The maximum atomic E-state index is 5.24. The van der Waals surface area contributed by atoms with E-state index in [-0.39, 0.29) is 0 Å². The van der Waals surface area contributed by atoms with E-state index in [4.69, 9.17) is 9.26 Å². The third-order valence-corrected chi connectivity index (χ3v) is 2.06. The first-order chi connectivity index (χ1) is 6.81. The molecule has 0 fully saturated rings. The molecule has 1 aromatic heterocycles. The highest BCUT2D eigenvalue weighted by Crippen LogP contribution is 2.30. The zero-order valence-corrected chi connectivity index (χ0v) is 8.15. The number of nitrogens with zero attached hydrogens (tertiary/aromatic N) is 1. The average Bonchev–Trinajstić information content (AvgIpc) is 2.70. The van der Waals surface area contributed by atoms with Crippen molar-refractivity contribution in [3.05, 3.63) is 36.0 Å². The van der Waals surface area contributed by atoms with Crippen LogP contribution in [-0.2, 0) is 0 Å². The van der Waals surface area contributed by atoms with Crippen LogP contribution in [0.3, 0.4) is 0 Å². The van der Waals surface area contributed by atoms with Gasteiger partial charge in [0.1, 0.15) is 5.75 Å². The van der Waals surface area contributed by atoms with E-state index in [1.807, 2.05) is 31.2 Å². The lowest BCUT2D eigenvalue weighted by Crippen LogP contribution is -1.87. The largest absolute Gasteiger partial charge is 0.496 e. The van der Waals surface area contributed by atoms with Gasteiger partial charge in [0.25, 0.3) is 0 Å². The molecule has 0 saturated carbocycles. The number of aromatic nitrogens is 1. The molecule has 0 bridgehead atoms. The van der Waals surface area contributed by atoms with Crippen molar-refractivity contribution in [3.63, 3.8) is 0 Å². The van der Waals surface area contributed by atoms with Gasteiger partial charge in [0, 0.05) is 6.07 Å². The molecule has 2 rings (SSSR count). The summed E-state index contributed by atoms with van der Waals surface area (Å²) < 4.78 is 10.3. The van der Waals surface area contributed by atoms with Gasteiger partial charge in [0.2, 0.25) is 0 Å². The van der Waals surface area contributed by atoms with E-state index >= 15 is 0 Å². The first-order valence-corrected chi connectivity index (χ1v) is 4.37. The molecule has 3 nitrogen and oxygen atoms in total. The second-order valence-corrected chi connectivity index (χ2v) is 3.08. The van der Waals surface area contributed by atoms with Gasteiger partial charge >= 0.3 is 0 Å². The van der Waals surface area contributed by atoms with Crippen molar-refractivity contribution in [2.45, 2.75) is 6.92 Å². The molecular weight excluding hydrogens is 178 g/mol. The number of benzene rings is 1. The van der Waals surface area contributed by atoms with E-state index < -0.39 is 0 Å². The Balaban J connectivity index is 2.55. The Labute approximate surface area is 82.3 Å². The van der Waals surface area contributed by atoms with Crippen molar-refractivity contribution < 1.29 is 9.26 Å². The summed E-state index contributed by atoms with van der Waals surface area (Å²) in [7, 11) is 1.64. The van der Waals surface area contributed by atoms with Crippen LogP contribution in [0.15, 0.2) is 35.0 Å². The van der Waals surface area contributed by atoms with E-state index in [2.05, 4.69) is 5.16 Å². The summed E-state index contributed by atoms with van der Waals surface area (Å²) in [5.74, 6) is 1.53. The zero-order valence-electron chi connectivity index (χ0n) is 8.15. The molecule has 0 atom stereocenters. The van der Waals surface area contributed by atoms with Crippen LogP contribution in [0, 0.1) is 6.92 Å². The summed E-state index contributed by atoms with van der Waals surface area (Å²) in [5.41, 5.74) is 2.10. The van der Waals surface area contributed by atoms with Crippen LogP contribution in [0.25, 0.3) is 11.3 Å². The van der Waals surface area contributed by atoms with Crippen LogP contribution in [-0.4, -0.2) is 12.3 Å². The quantitative estimate of drug-likeness (QED) is 0.728. The Bertz CT molecular complexity index is 421.